The largest absolute Gasteiger partial charge is 0.504 e. The molecule has 0 fully saturated rings. The van der Waals surface area contributed by atoms with Crippen LogP contribution >= 0.6 is 0 Å². The Morgan fingerprint density at radius 3 is 2.69 bits per heavy atom. The first-order valence-corrected chi connectivity index (χ1v) is 7.88. The third-order valence-corrected chi connectivity index (χ3v) is 3.94. The van der Waals surface area contributed by atoms with E-state index in [1.54, 1.807) is 36.4 Å². The Hall–Kier alpha value is -3.19. The van der Waals surface area contributed by atoms with Crippen molar-refractivity contribution in [2.45, 2.75) is 12.2 Å². The van der Waals surface area contributed by atoms with E-state index in [0.717, 1.165) is 5.56 Å². The van der Waals surface area contributed by atoms with E-state index in [4.69, 9.17) is 19.3 Å². The molecular formula is C19H18O7. The van der Waals surface area contributed by atoms with Gasteiger partial charge in [0.05, 0.1) is 13.7 Å². The number of fused-ring (bicyclic) bond motifs is 1. The molecule has 0 aromatic heterocycles. The van der Waals surface area contributed by atoms with Crippen molar-refractivity contribution in [1.82, 2.24) is 0 Å². The normalized spacial score (nSPS) is 18.7. The molecule has 2 atom stereocenters. The SMILES string of the molecule is COc1cc([C@@H]2Oc3cc(/C=C\CO)ccc3O[C@H]2C(=O)O)ccc1O. The van der Waals surface area contributed by atoms with Gasteiger partial charge in [-0.3, -0.25) is 0 Å². The molecule has 0 bridgehead atoms. The maximum absolute atomic E-state index is 11.7. The number of rotatable bonds is 5. The van der Waals surface area contributed by atoms with Crippen LogP contribution in [0.15, 0.2) is 42.5 Å². The summed E-state index contributed by atoms with van der Waals surface area (Å²) in [4.78, 5) is 11.7. The second-order valence-corrected chi connectivity index (χ2v) is 5.64. The summed E-state index contributed by atoms with van der Waals surface area (Å²) in [6.07, 6.45) is 1.11. The Morgan fingerprint density at radius 2 is 2.00 bits per heavy atom. The number of phenols is 1. The number of phenolic OH excluding ortho intramolecular Hbond substituents is 1. The molecule has 0 saturated carbocycles. The summed E-state index contributed by atoms with van der Waals surface area (Å²) in [7, 11) is 1.40. The highest BCUT2D eigenvalue weighted by Crippen LogP contribution is 2.41. The quantitative estimate of drug-likeness (QED) is 0.753. The van der Waals surface area contributed by atoms with Gasteiger partial charge in [0, 0.05) is 5.56 Å². The lowest BCUT2D eigenvalue weighted by Gasteiger charge is -2.32. The van der Waals surface area contributed by atoms with Gasteiger partial charge in [-0.25, -0.2) is 4.79 Å². The molecule has 0 unspecified atom stereocenters. The van der Waals surface area contributed by atoms with E-state index < -0.39 is 18.2 Å². The molecule has 2 aromatic rings. The molecule has 1 heterocycles. The van der Waals surface area contributed by atoms with Crippen LogP contribution < -0.4 is 14.2 Å². The van der Waals surface area contributed by atoms with E-state index in [9.17, 15) is 15.0 Å². The molecule has 7 heteroatoms. The van der Waals surface area contributed by atoms with Gasteiger partial charge in [0.15, 0.2) is 29.1 Å². The van der Waals surface area contributed by atoms with Gasteiger partial charge in [-0.1, -0.05) is 24.3 Å². The molecule has 0 spiro atoms. The number of carboxylic acids is 1. The summed E-state index contributed by atoms with van der Waals surface area (Å²) < 4.78 is 16.6. The molecule has 26 heavy (non-hydrogen) atoms. The predicted octanol–water partition coefficient (Wildman–Crippen LogP) is 2.37. The lowest BCUT2D eigenvalue weighted by Crippen LogP contribution is -2.39. The number of aliphatic hydroxyl groups excluding tert-OH is 1. The summed E-state index contributed by atoms with van der Waals surface area (Å²) in [5, 5.41) is 28.2. The number of aromatic hydroxyl groups is 1. The summed E-state index contributed by atoms with van der Waals surface area (Å²) in [6, 6.07) is 9.53. The number of ether oxygens (including phenoxy) is 3. The van der Waals surface area contributed by atoms with Crippen LogP contribution in [-0.4, -0.2) is 41.1 Å². The fraction of sp³-hybridized carbons (Fsp3) is 0.211. The fourth-order valence-electron chi connectivity index (χ4n) is 2.70. The van der Waals surface area contributed by atoms with Crippen molar-refractivity contribution in [2.24, 2.45) is 0 Å². The number of carbonyl (C=O) groups is 1. The van der Waals surface area contributed by atoms with Gasteiger partial charge < -0.3 is 29.5 Å². The van der Waals surface area contributed by atoms with Gasteiger partial charge >= 0.3 is 5.97 Å². The Balaban J connectivity index is 1.99. The summed E-state index contributed by atoms with van der Waals surface area (Å²) in [5.41, 5.74) is 1.27. The number of aliphatic hydroxyl groups is 1. The molecule has 3 rings (SSSR count). The number of benzene rings is 2. The second-order valence-electron chi connectivity index (χ2n) is 5.64. The molecule has 2 aromatic carbocycles. The number of hydrogen-bond acceptors (Lipinski definition) is 6. The molecule has 0 saturated heterocycles. The van der Waals surface area contributed by atoms with E-state index in [-0.39, 0.29) is 18.1 Å². The smallest absolute Gasteiger partial charge is 0.349 e. The fourth-order valence-corrected chi connectivity index (χ4v) is 2.70. The zero-order chi connectivity index (χ0) is 18.7. The van der Waals surface area contributed by atoms with Crippen LogP contribution in [0.3, 0.4) is 0 Å². The summed E-state index contributed by atoms with van der Waals surface area (Å²) >= 11 is 0. The topological polar surface area (TPSA) is 105 Å². The average Bonchev–Trinajstić information content (AvgIpc) is 2.65. The lowest BCUT2D eigenvalue weighted by molar-refractivity contribution is -0.151. The molecular weight excluding hydrogens is 340 g/mol. The third-order valence-electron chi connectivity index (χ3n) is 3.94. The average molecular weight is 358 g/mol. The third kappa shape index (κ3) is 3.43. The maximum Gasteiger partial charge on any atom is 0.349 e. The molecule has 0 aliphatic carbocycles. The molecule has 1 aliphatic heterocycles. The van der Waals surface area contributed by atoms with Crippen molar-refractivity contribution >= 4 is 12.0 Å². The first-order valence-electron chi connectivity index (χ1n) is 7.88. The van der Waals surface area contributed by atoms with Gasteiger partial charge in [0.1, 0.15) is 0 Å². The van der Waals surface area contributed by atoms with Gasteiger partial charge in [-0.15, -0.1) is 0 Å². The predicted molar refractivity (Wildman–Crippen MR) is 92.6 cm³/mol. The van der Waals surface area contributed by atoms with Crippen molar-refractivity contribution in [3.63, 3.8) is 0 Å². The van der Waals surface area contributed by atoms with Crippen LogP contribution in [0.25, 0.3) is 6.08 Å². The number of carboxylic acid groups (broad SMARTS) is 1. The van der Waals surface area contributed by atoms with Crippen molar-refractivity contribution in [3.05, 3.63) is 53.6 Å². The number of aliphatic carboxylic acids is 1. The lowest BCUT2D eigenvalue weighted by atomic mass is 10.0. The zero-order valence-electron chi connectivity index (χ0n) is 14.0. The minimum absolute atomic E-state index is 0.0586. The van der Waals surface area contributed by atoms with Gasteiger partial charge in [0.2, 0.25) is 6.10 Å². The van der Waals surface area contributed by atoms with E-state index >= 15 is 0 Å². The number of hydrogen-bond donors (Lipinski definition) is 3. The molecule has 0 radical (unpaired) electrons. The van der Waals surface area contributed by atoms with Crippen LogP contribution in [0.5, 0.6) is 23.0 Å². The molecule has 136 valence electrons. The van der Waals surface area contributed by atoms with E-state index in [0.29, 0.717) is 17.1 Å². The first-order chi connectivity index (χ1) is 12.5. The Kier molecular flexibility index (Phi) is 4.99. The van der Waals surface area contributed by atoms with E-state index in [1.165, 1.54) is 19.2 Å². The molecule has 1 aliphatic rings. The standard InChI is InChI=1S/C19H18O7/c1-24-15-10-12(5-6-13(15)21)17-18(19(22)23)25-14-7-4-11(3-2-8-20)9-16(14)26-17/h2-7,9-10,17-18,20-21H,8H2,1H3,(H,22,23)/b3-2-/t17-,18+/m0/s1. The Morgan fingerprint density at radius 1 is 1.19 bits per heavy atom. The first kappa shape index (κ1) is 17.6. The highest BCUT2D eigenvalue weighted by atomic mass is 16.6. The monoisotopic (exact) mass is 358 g/mol. The minimum Gasteiger partial charge on any atom is -0.504 e. The van der Waals surface area contributed by atoms with Crippen molar-refractivity contribution < 1.29 is 34.3 Å². The van der Waals surface area contributed by atoms with E-state index in [2.05, 4.69) is 0 Å². The van der Waals surface area contributed by atoms with Crippen LogP contribution in [0.4, 0.5) is 0 Å². The van der Waals surface area contributed by atoms with Crippen LogP contribution in [0.2, 0.25) is 0 Å². The van der Waals surface area contributed by atoms with Gasteiger partial charge in [-0.2, -0.15) is 0 Å². The molecule has 0 amide bonds. The minimum atomic E-state index is -1.25. The van der Waals surface area contributed by atoms with Crippen LogP contribution in [-0.2, 0) is 4.79 Å². The summed E-state index contributed by atoms with van der Waals surface area (Å²) in [5.74, 6) is -0.311. The highest BCUT2D eigenvalue weighted by molar-refractivity contribution is 5.75. The van der Waals surface area contributed by atoms with Crippen molar-refractivity contribution in [3.8, 4) is 23.0 Å². The zero-order valence-corrected chi connectivity index (χ0v) is 14.0. The molecule has 7 nitrogen and oxygen atoms in total. The summed E-state index contributed by atoms with van der Waals surface area (Å²) in [6.45, 7) is -0.0918. The Bertz CT molecular complexity index is 844. The van der Waals surface area contributed by atoms with Gasteiger partial charge in [-0.05, 0) is 29.8 Å². The molecule has 3 N–H and O–H groups in total. The maximum atomic E-state index is 11.7. The van der Waals surface area contributed by atoms with Gasteiger partial charge in [0.25, 0.3) is 0 Å². The van der Waals surface area contributed by atoms with E-state index in [1.807, 2.05) is 0 Å². The number of methoxy groups -OCH3 is 1. The highest BCUT2D eigenvalue weighted by Gasteiger charge is 2.38. The van der Waals surface area contributed by atoms with Crippen LogP contribution in [0.1, 0.15) is 17.2 Å². The van der Waals surface area contributed by atoms with Crippen LogP contribution in [0, 0.1) is 0 Å². The Labute approximate surface area is 149 Å². The second kappa shape index (κ2) is 7.37. The van der Waals surface area contributed by atoms with Crippen molar-refractivity contribution in [1.29, 1.82) is 0 Å². The van der Waals surface area contributed by atoms with Crippen molar-refractivity contribution in [2.75, 3.05) is 13.7 Å².